The first-order chi connectivity index (χ1) is 14.3. The van der Waals surface area contributed by atoms with E-state index < -0.39 is 4.92 Å². The van der Waals surface area contributed by atoms with Gasteiger partial charge < -0.3 is 15.1 Å². The number of nitro benzene ring substituents is 1. The van der Waals surface area contributed by atoms with E-state index in [2.05, 4.69) is 26.6 Å². The number of carbonyl (C=O) groups excluding carboxylic acids is 2. The number of non-ortho nitro benzene ring substituents is 1. The van der Waals surface area contributed by atoms with Crippen LogP contribution < -0.4 is 10.6 Å². The second kappa shape index (κ2) is 9.36. The van der Waals surface area contributed by atoms with E-state index in [4.69, 9.17) is 4.42 Å². The Morgan fingerprint density at radius 2 is 1.87 bits per heavy atom. The van der Waals surface area contributed by atoms with Gasteiger partial charge in [0, 0.05) is 17.8 Å². The monoisotopic (exact) mass is 471 g/mol. The van der Waals surface area contributed by atoms with Crippen LogP contribution in [0.3, 0.4) is 0 Å². The standard InChI is InChI=1S/C21H18BrN3O5/c1-13(15-3-2-4-17(12-15)25(28)29)23-20(26)11-14-5-7-16(8-6-14)24-21(27)18-9-10-19(22)30-18/h2-10,12-13H,11H2,1H3,(H,23,26)(H,24,27). The molecule has 0 fully saturated rings. The number of hydrogen-bond donors (Lipinski definition) is 2. The van der Waals surface area contributed by atoms with Gasteiger partial charge in [0.15, 0.2) is 10.4 Å². The van der Waals surface area contributed by atoms with E-state index in [1.807, 2.05) is 0 Å². The lowest BCUT2D eigenvalue weighted by Gasteiger charge is -2.14. The molecule has 2 amide bonds. The molecule has 30 heavy (non-hydrogen) atoms. The molecule has 1 aromatic heterocycles. The molecule has 3 aromatic rings. The fraction of sp³-hybridized carbons (Fsp3) is 0.143. The van der Waals surface area contributed by atoms with E-state index in [1.165, 1.54) is 12.1 Å². The first-order valence-electron chi connectivity index (χ1n) is 9.01. The van der Waals surface area contributed by atoms with Gasteiger partial charge in [0.05, 0.1) is 17.4 Å². The van der Waals surface area contributed by atoms with Crippen molar-refractivity contribution < 1.29 is 18.9 Å². The number of amides is 2. The summed E-state index contributed by atoms with van der Waals surface area (Å²) in [7, 11) is 0. The summed E-state index contributed by atoms with van der Waals surface area (Å²) < 4.78 is 5.67. The van der Waals surface area contributed by atoms with E-state index in [1.54, 1.807) is 55.5 Å². The van der Waals surface area contributed by atoms with Gasteiger partial charge in [-0.2, -0.15) is 0 Å². The molecule has 8 nitrogen and oxygen atoms in total. The summed E-state index contributed by atoms with van der Waals surface area (Å²) in [6, 6.07) is 15.9. The van der Waals surface area contributed by atoms with Crippen LogP contribution in [0, 0.1) is 10.1 Å². The van der Waals surface area contributed by atoms with Crippen molar-refractivity contribution in [3.63, 3.8) is 0 Å². The van der Waals surface area contributed by atoms with Gasteiger partial charge in [-0.05, 0) is 58.2 Å². The van der Waals surface area contributed by atoms with Gasteiger partial charge in [-0.3, -0.25) is 19.7 Å². The van der Waals surface area contributed by atoms with Crippen LogP contribution in [-0.4, -0.2) is 16.7 Å². The number of rotatable bonds is 7. The van der Waals surface area contributed by atoms with Gasteiger partial charge in [0.2, 0.25) is 5.91 Å². The van der Waals surface area contributed by atoms with Crippen LogP contribution in [0.2, 0.25) is 0 Å². The molecule has 1 unspecified atom stereocenters. The number of nitrogens with zero attached hydrogens (tertiary/aromatic N) is 1. The number of nitrogens with one attached hydrogen (secondary N) is 2. The summed E-state index contributed by atoms with van der Waals surface area (Å²) in [5.41, 5.74) is 1.97. The third kappa shape index (κ3) is 5.54. The summed E-state index contributed by atoms with van der Waals surface area (Å²) in [5, 5.41) is 16.4. The molecule has 0 saturated heterocycles. The minimum Gasteiger partial charge on any atom is -0.444 e. The lowest BCUT2D eigenvalue weighted by Crippen LogP contribution is -2.28. The summed E-state index contributed by atoms with van der Waals surface area (Å²) in [5.74, 6) is -0.413. The van der Waals surface area contributed by atoms with Crippen LogP contribution in [0.15, 0.2) is 69.8 Å². The average molecular weight is 472 g/mol. The third-order valence-corrected chi connectivity index (χ3v) is 4.76. The van der Waals surface area contributed by atoms with E-state index in [9.17, 15) is 19.7 Å². The SMILES string of the molecule is CC(NC(=O)Cc1ccc(NC(=O)c2ccc(Br)o2)cc1)c1cccc([N+](=O)[O-])c1. The number of carbonyl (C=O) groups is 2. The van der Waals surface area contributed by atoms with Gasteiger partial charge in [0.1, 0.15) is 0 Å². The number of halogens is 1. The molecule has 9 heteroatoms. The van der Waals surface area contributed by atoms with Crippen LogP contribution in [0.5, 0.6) is 0 Å². The molecule has 1 atom stereocenters. The summed E-state index contributed by atoms with van der Waals surface area (Å²) in [4.78, 5) is 34.8. The molecule has 0 aliphatic heterocycles. The molecular formula is C21H18BrN3O5. The molecule has 0 spiro atoms. The molecule has 0 saturated carbocycles. The van der Waals surface area contributed by atoms with Crippen LogP contribution >= 0.6 is 15.9 Å². The highest BCUT2D eigenvalue weighted by molar-refractivity contribution is 9.10. The van der Waals surface area contributed by atoms with E-state index >= 15 is 0 Å². The smallest absolute Gasteiger partial charge is 0.291 e. The Hall–Kier alpha value is -3.46. The maximum Gasteiger partial charge on any atom is 0.291 e. The minimum absolute atomic E-state index is 0.0202. The molecule has 0 aliphatic carbocycles. The predicted octanol–water partition coefficient (Wildman–Crippen LogP) is 4.62. The summed E-state index contributed by atoms with van der Waals surface area (Å²) in [6.45, 7) is 1.77. The van der Waals surface area contributed by atoms with Crippen molar-refractivity contribution in [3.05, 3.63) is 92.3 Å². The number of nitro groups is 1. The van der Waals surface area contributed by atoms with Crippen molar-refractivity contribution in [2.75, 3.05) is 5.32 Å². The molecule has 0 radical (unpaired) electrons. The molecule has 154 valence electrons. The van der Waals surface area contributed by atoms with Crippen molar-refractivity contribution in [2.24, 2.45) is 0 Å². The fourth-order valence-electron chi connectivity index (χ4n) is 2.80. The normalized spacial score (nSPS) is 11.5. The highest BCUT2D eigenvalue weighted by Crippen LogP contribution is 2.20. The highest BCUT2D eigenvalue weighted by Gasteiger charge is 2.14. The van der Waals surface area contributed by atoms with E-state index in [0.29, 0.717) is 15.9 Å². The molecule has 1 heterocycles. The van der Waals surface area contributed by atoms with E-state index in [-0.39, 0.29) is 35.7 Å². The Morgan fingerprint density at radius 1 is 1.13 bits per heavy atom. The highest BCUT2D eigenvalue weighted by atomic mass is 79.9. The van der Waals surface area contributed by atoms with Crippen LogP contribution in [0.1, 0.15) is 34.6 Å². The third-order valence-electron chi connectivity index (χ3n) is 4.33. The lowest BCUT2D eigenvalue weighted by atomic mass is 10.1. The maximum atomic E-state index is 12.3. The maximum absolute atomic E-state index is 12.3. The van der Waals surface area contributed by atoms with Crippen molar-refractivity contribution in [1.29, 1.82) is 0 Å². The van der Waals surface area contributed by atoms with Gasteiger partial charge in [-0.25, -0.2) is 0 Å². The Morgan fingerprint density at radius 3 is 2.50 bits per heavy atom. The zero-order chi connectivity index (χ0) is 21.7. The van der Waals surface area contributed by atoms with Crippen LogP contribution in [0.4, 0.5) is 11.4 Å². The zero-order valence-corrected chi connectivity index (χ0v) is 17.5. The van der Waals surface area contributed by atoms with Crippen molar-refractivity contribution in [1.82, 2.24) is 5.32 Å². The Balaban J connectivity index is 1.56. The molecule has 0 bridgehead atoms. The van der Waals surface area contributed by atoms with Gasteiger partial charge in [-0.15, -0.1) is 0 Å². The van der Waals surface area contributed by atoms with Gasteiger partial charge >= 0.3 is 0 Å². The predicted molar refractivity (Wildman–Crippen MR) is 114 cm³/mol. The summed E-state index contributed by atoms with van der Waals surface area (Å²) >= 11 is 3.15. The number of benzene rings is 2. The minimum atomic E-state index is -0.469. The average Bonchev–Trinajstić information content (AvgIpc) is 3.16. The number of hydrogen-bond acceptors (Lipinski definition) is 5. The second-order valence-electron chi connectivity index (χ2n) is 6.57. The molecule has 2 N–H and O–H groups in total. The second-order valence-corrected chi connectivity index (χ2v) is 7.35. The van der Waals surface area contributed by atoms with Crippen molar-refractivity contribution in [3.8, 4) is 0 Å². The van der Waals surface area contributed by atoms with Crippen molar-refractivity contribution in [2.45, 2.75) is 19.4 Å². The number of anilines is 1. The Bertz CT molecular complexity index is 1080. The molecule has 3 rings (SSSR count). The molecule has 2 aromatic carbocycles. The Kier molecular flexibility index (Phi) is 6.63. The fourth-order valence-corrected chi connectivity index (χ4v) is 3.11. The van der Waals surface area contributed by atoms with Crippen LogP contribution in [-0.2, 0) is 11.2 Å². The quantitative estimate of drug-likeness (QED) is 0.385. The van der Waals surface area contributed by atoms with Gasteiger partial charge in [-0.1, -0.05) is 24.3 Å². The number of furan rings is 1. The lowest BCUT2D eigenvalue weighted by molar-refractivity contribution is -0.384. The molecule has 0 aliphatic rings. The van der Waals surface area contributed by atoms with Crippen molar-refractivity contribution >= 4 is 39.1 Å². The summed E-state index contributed by atoms with van der Waals surface area (Å²) in [6.07, 6.45) is 0.138. The van der Waals surface area contributed by atoms with Crippen LogP contribution in [0.25, 0.3) is 0 Å². The largest absolute Gasteiger partial charge is 0.444 e. The van der Waals surface area contributed by atoms with Gasteiger partial charge in [0.25, 0.3) is 11.6 Å². The first-order valence-corrected chi connectivity index (χ1v) is 9.80. The first kappa shape index (κ1) is 21.3. The zero-order valence-electron chi connectivity index (χ0n) is 15.9. The molecular weight excluding hydrogens is 454 g/mol. The Labute approximate surface area is 180 Å². The topological polar surface area (TPSA) is 114 Å². The van der Waals surface area contributed by atoms with E-state index in [0.717, 1.165) is 5.56 Å².